The lowest BCUT2D eigenvalue weighted by Gasteiger charge is -2.09. The molecule has 3 aromatic rings. The SMILES string of the molecule is CCCCOc1cccc2cc3ccccc3[c]c12. The standard InChI is InChI=1S/C18H17O/c1-2-3-11-19-18-10-6-9-16-12-14-7-4-5-8-15(14)13-17(16)18/h4-10,12H,2-3,11H2,1H3. The number of fused-ring (bicyclic) bond motifs is 2. The number of ether oxygens (including phenoxy) is 1. The van der Waals surface area contributed by atoms with E-state index in [1.54, 1.807) is 0 Å². The van der Waals surface area contributed by atoms with Gasteiger partial charge in [-0.3, -0.25) is 0 Å². The van der Waals surface area contributed by atoms with Crippen LogP contribution in [0, 0.1) is 6.07 Å². The fourth-order valence-electron chi connectivity index (χ4n) is 2.29. The van der Waals surface area contributed by atoms with Crippen molar-refractivity contribution in [2.75, 3.05) is 6.61 Å². The van der Waals surface area contributed by atoms with Gasteiger partial charge in [-0.25, -0.2) is 0 Å². The van der Waals surface area contributed by atoms with Crippen LogP contribution in [0.1, 0.15) is 19.8 Å². The highest BCUT2D eigenvalue weighted by atomic mass is 16.5. The molecule has 0 saturated carbocycles. The van der Waals surface area contributed by atoms with Crippen LogP contribution in [0.3, 0.4) is 0 Å². The second-order valence-electron chi connectivity index (χ2n) is 4.78. The van der Waals surface area contributed by atoms with E-state index in [4.69, 9.17) is 4.74 Å². The zero-order valence-electron chi connectivity index (χ0n) is 11.1. The van der Waals surface area contributed by atoms with Gasteiger partial charge in [0.25, 0.3) is 0 Å². The number of hydrogen-bond donors (Lipinski definition) is 0. The molecule has 0 heterocycles. The summed E-state index contributed by atoms with van der Waals surface area (Å²) in [7, 11) is 0. The van der Waals surface area contributed by atoms with Crippen LogP contribution in [0.5, 0.6) is 5.75 Å². The number of unbranched alkanes of at least 4 members (excludes halogenated alkanes) is 1. The van der Waals surface area contributed by atoms with Crippen molar-refractivity contribution in [1.29, 1.82) is 0 Å². The summed E-state index contributed by atoms with van der Waals surface area (Å²) in [4.78, 5) is 0. The first-order valence-corrected chi connectivity index (χ1v) is 6.85. The zero-order valence-corrected chi connectivity index (χ0v) is 11.1. The summed E-state index contributed by atoms with van der Waals surface area (Å²) < 4.78 is 5.88. The van der Waals surface area contributed by atoms with Gasteiger partial charge >= 0.3 is 0 Å². The van der Waals surface area contributed by atoms with Gasteiger partial charge in [0.05, 0.1) is 6.61 Å². The molecule has 1 nitrogen and oxygen atoms in total. The Morgan fingerprint density at radius 1 is 1.00 bits per heavy atom. The molecule has 0 N–H and O–H groups in total. The monoisotopic (exact) mass is 249 g/mol. The molecule has 19 heavy (non-hydrogen) atoms. The number of benzene rings is 3. The molecule has 95 valence electrons. The summed E-state index contributed by atoms with van der Waals surface area (Å²) in [5.41, 5.74) is 0. The van der Waals surface area contributed by atoms with Crippen molar-refractivity contribution >= 4 is 21.5 Å². The normalized spacial score (nSPS) is 11.0. The van der Waals surface area contributed by atoms with Crippen LogP contribution in [0.25, 0.3) is 21.5 Å². The Kier molecular flexibility index (Phi) is 3.37. The van der Waals surface area contributed by atoms with Crippen molar-refractivity contribution in [2.24, 2.45) is 0 Å². The van der Waals surface area contributed by atoms with E-state index in [-0.39, 0.29) is 0 Å². The molecule has 0 spiro atoms. The lowest BCUT2D eigenvalue weighted by molar-refractivity contribution is 0.313. The minimum Gasteiger partial charge on any atom is -0.493 e. The molecule has 3 rings (SSSR count). The van der Waals surface area contributed by atoms with E-state index in [2.05, 4.69) is 43.3 Å². The summed E-state index contributed by atoms with van der Waals surface area (Å²) in [5.74, 6) is 0.941. The van der Waals surface area contributed by atoms with Crippen LogP contribution in [0.15, 0.2) is 48.5 Å². The molecular weight excluding hydrogens is 232 g/mol. The van der Waals surface area contributed by atoms with Crippen LogP contribution in [-0.2, 0) is 0 Å². The Balaban J connectivity index is 2.09. The fraction of sp³-hybridized carbons (Fsp3) is 0.222. The van der Waals surface area contributed by atoms with Crippen LogP contribution < -0.4 is 4.74 Å². The van der Waals surface area contributed by atoms with Gasteiger partial charge in [-0.05, 0) is 34.7 Å². The summed E-state index contributed by atoms with van der Waals surface area (Å²) in [6, 6.07) is 20.2. The van der Waals surface area contributed by atoms with Crippen molar-refractivity contribution in [2.45, 2.75) is 19.8 Å². The third-order valence-electron chi connectivity index (χ3n) is 3.35. The van der Waals surface area contributed by atoms with E-state index in [0.717, 1.165) is 36.0 Å². The molecule has 0 aliphatic carbocycles. The predicted octanol–water partition coefficient (Wildman–Crippen LogP) is 4.97. The Morgan fingerprint density at radius 2 is 1.84 bits per heavy atom. The molecule has 0 saturated heterocycles. The van der Waals surface area contributed by atoms with Crippen LogP contribution in [0.2, 0.25) is 0 Å². The predicted molar refractivity (Wildman–Crippen MR) is 80.7 cm³/mol. The minimum absolute atomic E-state index is 0.774. The highest BCUT2D eigenvalue weighted by molar-refractivity contribution is 6.00. The largest absolute Gasteiger partial charge is 0.493 e. The second kappa shape index (κ2) is 5.31. The molecule has 0 atom stereocenters. The smallest absolute Gasteiger partial charge is 0.127 e. The highest BCUT2D eigenvalue weighted by Gasteiger charge is 2.04. The van der Waals surface area contributed by atoms with Crippen molar-refractivity contribution in [3.05, 3.63) is 54.6 Å². The maximum Gasteiger partial charge on any atom is 0.127 e. The summed E-state index contributed by atoms with van der Waals surface area (Å²) in [5, 5.41) is 4.63. The average Bonchev–Trinajstić information content (AvgIpc) is 2.46. The first-order valence-electron chi connectivity index (χ1n) is 6.85. The van der Waals surface area contributed by atoms with Gasteiger partial charge in [-0.1, -0.05) is 49.7 Å². The van der Waals surface area contributed by atoms with Gasteiger partial charge < -0.3 is 4.74 Å². The molecule has 0 fully saturated rings. The van der Waals surface area contributed by atoms with E-state index < -0.39 is 0 Å². The van der Waals surface area contributed by atoms with Gasteiger partial charge in [-0.15, -0.1) is 0 Å². The van der Waals surface area contributed by atoms with E-state index in [1.807, 2.05) is 18.2 Å². The van der Waals surface area contributed by atoms with Crippen LogP contribution in [-0.4, -0.2) is 6.61 Å². The van der Waals surface area contributed by atoms with E-state index in [1.165, 1.54) is 10.8 Å². The Hall–Kier alpha value is -2.02. The second-order valence-corrected chi connectivity index (χ2v) is 4.78. The minimum atomic E-state index is 0.774. The van der Waals surface area contributed by atoms with Crippen LogP contribution in [0.4, 0.5) is 0 Å². The number of rotatable bonds is 4. The third-order valence-corrected chi connectivity index (χ3v) is 3.35. The average molecular weight is 249 g/mol. The molecule has 0 aliphatic heterocycles. The highest BCUT2D eigenvalue weighted by Crippen LogP contribution is 2.29. The molecular formula is C18H17O. The summed E-state index contributed by atoms with van der Waals surface area (Å²) in [6.07, 6.45) is 2.24. The molecule has 1 heteroatoms. The Morgan fingerprint density at radius 3 is 2.74 bits per heavy atom. The molecule has 0 aromatic heterocycles. The molecule has 0 bridgehead atoms. The van der Waals surface area contributed by atoms with Crippen molar-refractivity contribution in [1.82, 2.24) is 0 Å². The lowest BCUT2D eigenvalue weighted by atomic mass is 10.0. The van der Waals surface area contributed by atoms with Gasteiger partial charge in [-0.2, -0.15) is 0 Å². The molecule has 0 aliphatic rings. The summed E-state index contributed by atoms with van der Waals surface area (Å²) in [6.45, 7) is 2.95. The Bertz CT molecular complexity index is 700. The van der Waals surface area contributed by atoms with E-state index >= 15 is 0 Å². The quantitative estimate of drug-likeness (QED) is 0.468. The molecule has 1 radical (unpaired) electrons. The summed E-state index contributed by atoms with van der Waals surface area (Å²) >= 11 is 0. The van der Waals surface area contributed by atoms with Gasteiger partial charge in [0.2, 0.25) is 0 Å². The van der Waals surface area contributed by atoms with E-state index in [9.17, 15) is 0 Å². The van der Waals surface area contributed by atoms with Crippen molar-refractivity contribution in [3.8, 4) is 5.75 Å². The van der Waals surface area contributed by atoms with Crippen molar-refractivity contribution in [3.63, 3.8) is 0 Å². The van der Waals surface area contributed by atoms with E-state index in [0.29, 0.717) is 0 Å². The van der Waals surface area contributed by atoms with Gasteiger partial charge in [0.1, 0.15) is 5.75 Å². The molecule has 3 aromatic carbocycles. The zero-order chi connectivity index (χ0) is 13.1. The van der Waals surface area contributed by atoms with Gasteiger partial charge in [0, 0.05) is 11.5 Å². The third kappa shape index (κ3) is 2.41. The first kappa shape index (κ1) is 12.0. The fourth-order valence-corrected chi connectivity index (χ4v) is 2.29. The van der Waals surface area contributed by atoms with Crippen LogP contribution >= 0.6 is 0 Å². The van der Waals surface area contributed by atoms with Crippen molar-refractivity contribution < 1.29 is 4.74 Å². The maximum absolute atomic E-state index is 5.88. The van der Waals surface area contributed by atoms with Gasteiger partial charge in [0.15, 0.2) is 0 Å². The Labute approximate surface area is 113 Å². The topological polar surface area (TPSA) is 9.23 Å². The first-order chi connectivity index (χ1) is 9.38. The molecule has 0 unspecified atom stereocenters. The lowest BCUT2D eigenvalue weighted by Crippen LogP contribution is -1.97. The molecule has 0 amide bonds. The number of hydrogen-bond acceptors (Lipinski definition) is 1. The maximum atomic E-state index is 5.88.